The molecule has 0 radical (unpaired) electrons. The van der Waals surface area contributed by atoms with Crippen LogP contribution >= 0.6 is 11.3 Å². The number of nitrogens with one attached hydrogen (secondary N) is 1. The zero-order valence-electron chi connectivity index (χ0n) is 17.8. The van der Waals surface area contributed by atoms with Crippen LogP contribution in [-0.4, -0.2) is 56.9 Å². The van der Waals surface area contributed by atoms with E-state index in [4.69, 9.17) is 0 Å². The highest BCUT2D eigenvalue weighted by molar-refractivity contribution is 7.18. The summed E-state index contributed by atoms with van der Waals surface area (Å²) in [5, 5.41) is 0.666. The summed E-state index contributed by atoms with van der Waals surface area (Å²) in [6, 6.07) is 1.98. The van der Waals surface area contributed by atoms with E-state index < -0.39 is 0 Å². The standard InChI is InChI=1S/C21H26N6O2S/c1-12-11-17(23-15(4)22-12)26-7-9-27(10-8-26)18(28)6-5-16-24-20(29)19-13(2)14(3)30-21(19)25-16/h11H,5-10H2,1-4H3,(H,24,25,29). The Labute approximate surface area is 179 Å². The van der Waals surface area contributed by atoms with Crippen molar-refractivity contribution in [3.05, 3.63) is 44.2 Å². The molecule has 158 valence electrons. The number of aromatic amines is 1. The summed E-state index contributed by atoms with van der Waals surface area (Å²) in [4.78, 5) is 47.3. The number of hydrogen-bond acceptors (Lipinski definition) is 7. The number of carbonyl (C=O) groups excluding carboxylic acids is 1. The molecule has 1 N–H and O–H groups in total. The Hall–Kier alpha value is -2.81. The number of H-pyrrole nitrogens is 1. The number of fused-ring (bicyclic) bond motifs is 1. The summed E-state index contributed by atoms with van der Waals surface area (Å²) < 4.78 is 0. The number of carbonyl (C=O) groups is 1. The van der Waals surface area contributed by atoms with Crippen LogP contribution in [0.4, 0.5) is 5.82 Å². The molecule has 0 aromatic carbocycles. The predicted octanol–water partition coefficient (Wildman–Crippen LogP) is 2.29. The van der Waals surface area contributed by atoms with Crippen molar-refractivity contribution < 1.29 is 4.79 Å². The molecule has 4 heterocycles. The average molecular weight is 427 g/mol. The summed E-state index contributed by atoms with van der Waals surface area (Å²) in [7, 11) is 0. The number of piperazine rings is 1. The molecule has 0 aliphatic carbocycles. The van der Waals surface area contributed by atoms with Crippen LogP contribution in [0.15, 0.2) is 10.9 Å². The molecule has 0 unspecified atom stereocenters. The second kappa shape index (κ2) is 8.14. The van der Waals surface area contributed by atoms with Crippen LogP contribution in [0.3, 0.4) is 0 Å². The van der Waals surface area contributed by atoms with Crippen LogP contribution < -0.4 is 10.5 Å². The highest BCUT2D eigenvalue weighted by Gasteiger charge is 2.22. The minimum atomic E-state index is -0.117. The summed E-state index contributed by atoms with van der Waals surface area (Å²) in [5.41, 5.74) is 1.82. The molecule has 1 aliphatic rings. The van der Waals surface area contributed by atoms with Crippen LogP contribution in [0.2, 0.25) is 0 Å². The average Bonchev–Trinajstić information content (AvgIpc) is 2.99. The van der Waals surface area contributed by atoms with Crippen molar-refractivity contribution in [3.63, 3.8) is 0 Å². The molecule has 1 amide bonds. The van der Waals surface area contributed by atoms with Crippen molar-refractivity contribution in [1.82, 2.24) is 24.8 Å². The number of amides is 1. The first kappa shape index (κ1) is 20.5. The van der Waals surface area contributed by atoms with Gasteiger partial charge in [0.25, 0.3) is 5.56 Å². The fourth-order valence-electron chi connectivity index (χ4n) is 3.85. The van der Waals surface area contributed by atoms with Crippen LogP contribution in [0.25, 0.3) is 10.2 Å². The number of aryl methyl sites for hydroxylation is 5. The largest absolute Gasteiger partial charge is 0.353 e. The molecule has 0 spiro atoms. The van der Waals surface area contributed by atoms with Gasteiger partial charge >= 0.3 is 0 Å². The molecule has 8 nitrogen and oxygen atoms in total. The summed E-state index contributed by atoms with van der Waals surface area (Å²) in [6.45, 7) is 10.6. The van der Waals surface area contributed by atoms with Gasteiger partial charge in [0.2, 0.25) is 5.91 Å². The Morgan fingerprint density at radius 2 is 1.83 bits per heavy atom. The second-order valence-electron chi connectivity index (χ2n) is 7.76. The van der Waals surface area contributed by atoms with E-state index in [2.05, 4.69) is 24.8 Å². The number of anilines is 1. The van der Waals surface area contributed by atoms with Crippen LogP contribution in [0.5, 0.6) is 0 Å². The third kappa shape index (κ3) is 4.07. The topological polar surface area (TPSA) is 95.1 Å². The number of hydrogen-bond donors (Lipinski definition) is 1. The highest BCUT2D eigenvalue weighted by atomic mass is 32.1. The fourth-order valence-corrected chi connectivity index (χ4v) is 4.89. The molecule has 9 heteroatoms. The molecule has 0 bridgehead atoms. The van der Waals surface area contributed by atoms with E-state index in [0.29, 0.717) is 37.1 Å². The molecule has 0 saturated carbocycles. The van der Waals surface area contributed by atoms with E-state index in [1.54, 1.807) is 0 Å². The maximum Gasteiger partial charge on any atom is 0.259 e. The Morgan fingerprint density at radius 1 is 1.10 bits per heavy atom. The first-order valence-corrected chi connectivity index (χ1v) is 11.0. The van der Waals surface area contributed by atoms with Crippen molar-refractivity contribution in [2.45, 2.75) is 40.5 Å². The molecule has 1 fully saturated rings. The van der Waals surface area contributed by atoms with Gasteiger partial charge in [-0.15, -0.1) is 11.3 Å². The number of aromatic nitrogens is 4. The second-order valence-corrected chi connectivity index (χ2v) is 8.96. The third-order valence-electron chi connectivity index (χ3n) is 5.57. The van der Waals surface area contributed by atoms with Gasteiger partial charge in [0, 0.05) is 55.7 Å². The molecular formula is C21H26N6O2S. The first-order chi connectivity index (χ1) is 14.3. The van der Waals surface area contributed by atoms with Gasteiger partial charge in [-0.05, 0) is 33.3 Å². The molecule has 1 saturated heterocycles. The van der Waals surface area contributed by atoms with Gasteiger partial charge in [-0.3, -0.25) is 9.59 Å². The lowest BCUT2D eigenvalue weighted by atomic mass is 10.2. The number of thiophene rings is 1. The number of nitrogens with zero attached hydrogens (tertiary/aromatic N) is 5. The van der Waals surface area contributed by atoms with Crippen molar-refractivity contribution >= 4 is 33.3 Å². The van der Waals surface area contributed by atoms with Crippen molar-refractivity contribution in [2.24, 2.45) is 0 Å². The van der Waals surface area contributed by atoms with Crippen LogP contribution in [-0.2, 0) is 11.2 Å². The molecule has 0 atom stereocenters. The van der Waals surface area contributed by atoms with E-state index in [1.807, 2.05) is 38.7 Å². The lowest BCUT2D eigenvalue weighted by Gasteiger charge is -2.35. The Kier molecular flexibility index (Phi) is 5.55. The van der Waals surface area contributed by atoms with E-state index in [0.717, 1.165) is 45.7 Å². The summed E-state index contributed by atoms with van der Waals surface area (Å²) in [5.74, 6) is 2.35. The molecule has 3 aromatic rings. The molecule has 1 aliphatic heterocycles. The van der Waals surface area contributed by atoms with Crippen LogP contribution in [0.1, 0.15) is 34.2 Å². The Bertz CT molecular complexity index is 1140. The monoisotopic (exact) mass is 426 g/mol. The third-order valence-corrected chi connectivity index (χ3v) is 6.67. The molecule has 3 aromatic heterocycles. The highest BCUT2D eigenvalue weighted by Crippen LogP contribution is 2.25. The number of rotatable bonds is 4. The normalized spacial score (nSPS) is 14.5. The Morgan fingerprint density at radius 3 is 2.53 bits per heavy atom. The smallest absolute Gasteiger partial charge is 0.259 e. The van der Waals surface area contributed by atoms with E-state index in [1.165, 1.54) is 11.3 Å². The van der Waals surface area contributed by atoms with Gasteiger partial charge in [0.05, 0.1) is 5.39 Å². The van der Waals surface area contributed by atoms with Crippen LogP contribution in [0, 0.1) is 27.7 Å². The van der Waals surface area contributed by atoms with Crippen molar-refractivity contribution in [3.8, 4) is 0 Å². The minimum Gasteiger partial charge on any atom is -0.353 e. The summed E-state index contributed by atoms with van der Waals surface area (Å²) >= 11 is 1.53. The lowest BCUT2D eigenvalue weighted by Crippen LogP contribution is -2.49. The van der Waals surface area contributed by atoms with Gasteiger partial charge in [-0.2, -0.15) is 0 Å². The first-order valence-electron chi connectivity index (χ1n) is 10.2. The Balaban J connectivity index is 1.36. The SMILES string of the molecule is Cc1cc(N2CCN(C(=O)CCc3nc4sc(C)c(C)c4c(=O)[nH]3)CC2)nc(C)n1. The van der Waals surface area contributed by atoms with Gasteiger partial charge in [0.15, 0.2) is 0 Å². The van der Waals surface area contributed by atoms with E-state index in [-0.39, 0.29) is 11.5 Å². The van der Waals surface area contributed by atoms with Gasteiger partial charge in [0.1, 0.15) is 22.3 Å². The predicted molar refractivity (Wildman–Crippen MR) is 118 cm³/mol. The maximum absolute atomic E-state index is 12.7. The quantitative estimate of drug-likeness (QED) is 0.688. The fraction of sp³-hybridized carbons (Fsp3) is 0.476. The van der Waals surface area contributed by atoms with Gasteiger partial charge < -0.3 is 14.8 Å². The summed E-state index contributed by atoms with van der Waals surface area (Å²) in [6.07, 6.45) is 0.772. The lowest BCUT2D eigenvalue weighted by molar-refractivity contribution is -0.131. The zero-order chi connectivity index (χ0) is 21.4. The van der Waals surface area contributed by atoms with Gasteiger partial charge in [-0.1, -0.05) is 0 Å². The molecule has 4 rings (SSSR count). The zero-order valence-corrected chi connectivity index (χ0v) is 18.6. The van der Waals surface area contributed by atoms with E-state index >= 15 is 0 Å². The minimum absolute atomic E-state index is 0.0889. The molecular weight excluding hydrogens is 400 g/mol. The molecule has 30 heavy (non-hydrogen) atoms. The van der Waals surface area contributed by atoms with Crippen molar-refractivity contribution in [2.75, 3.05) is 31.1 Å². The van der Waals surface area contributed by atoms with Crippen molar-refractivity contribution in [1.29, 1.82) is 0 Å². The maximum atomic E-state index is 12.7. The van der Waals surface area contributed by atoms with Gasteiger partial charge in [-0.25, -0.2) is 15.0 Å². The van der Waals surface area contributed by atoms with E-state index in [9.17, 15) is 9.59 Å².